The standard InChI is InChI=1S/C13H21NO5/c1-14(2,3)8-11(17)13(12(18)19)9(15)6-4-5-7-10(13)16/h11,17H,4-8H2,1-3H3/p+1. The van der Waals surface area contributed by atoms with Crippen LogP contribution in [-0.2, 0) is 14.4 Å². The summed E-state index contributed by atoms with van der Waals surface area (Å²) in [6.07, 6.45) is -0.436. The largest absolute Gasteiger partial charge is 0.480 e. The van der Waals surface area contributed by atoms with E-state index in [0.29, 0.717) is 12.8 Å². The van der Waals surface area contributed by atoms with Crippen LogP contribution in [0.5, 0.6) is 0 Å². The molecule has 0 aliphatic heterocycles. The van der Waals surface area contributed by atoms with Crippen LogP contribution in [0.15, 0.2) is 0 Å². The van der Waals surface area contributed by atoms with Gasteiger partial charge in [-0.3, -0.25) is 14.4 Å². The first-order valence-corrected chi connectivity index (χ1v) is 6.41. The number of aliphatic hydroxyl groups is 1. The molecule has 108 valence electrons. The van der Waals surface area contributed by atoms with Gasteiger partial charge in [-0.1, -0.05) is 0 Å². The van der Waals surface area contributed by atoms with Crippen LogP contribution < -0.4 is 0 Å². The van der Waals surface area contributed by atoms with Gasteiger partial charge in [-0.05, 0) is 12.8 Å². The SMILES string of the molecule is C[N+](C)(C)CC(O)C1(C(=O)O)C(=O)CCCCC1=O. The van der Waals surface area contributed by atoms with Crippen LogP contribution in [0.25, 0.3) is 0 Å². The van der Waals surface area contributed by atoms with Crippen LogP contribution in [0, 0.1) is 5.41 Å². The Labute approximate surface area is 112 Å². The van der Waals surface area contributed by atoms with Gasteiger partial charge in [0.05, 0.1) is 21.1 Å². The lowest BCUT2D eigenvalue weighted by atomic mass is 9.73. The molecule has 6 nitrogen and oxygen atoms in total. The summed E-state index contributed by atoms with van der Waals surface area (Å²) in [5.74, 6) is -2.85. The van der Waals surface area contributed by atoms with Gasteiger partial charge >= 0.3 is 5.97 Å². The van der Waals surface area contributed by atoms with Gasteiger partial charge in [0.1, 0.15) is 12.6 Å². The van der Waals surface area contributed by atoms with Crippen molar-refractivity contribution in [2.24, 2.45) is 5.41 Å². The first-order valence-electron chi connectivity index (χ1n) is 6.41. The summed E-state index contributed by atoms with van der Waals surface area (Å²) in [5.41, 5.74) is -2.28. The summed E-state index contributed by atoms with van der Waals surface area (Å²) in [6, 6.07) is 0. The number of carboxylic acid groups (broad SMARTS) is 1. The minimum Gasteiger partial charge on any atom is -0.480 e. The van der Waals surface area contributed by atoms with E-state index in [4.69, 9.17) is 0 Å². The average Bonchev–Trinajstić information content (AvgIpc) is 2.35. The number of carboxylic acids is 1. The Kier molecular flexibility index (Phi) is 4.47. The zero-order valence-corrected chi connectivity index (χ0v) is 11.7. The van der Waals surface area contributed by atoms with Gasteiger partial charge in [0.15, 0.2) is 11.6 Å². The van der Waals surface area contributed by atoms with Crippen molar-refractivity contribution in [2.45, 2.75) is 31.8 Å². The molecule has 0 aromatic carbocycles. The summed E-state index contributed by atoms with van der Waals surface area (Å²) >= 11 is 0. The van der Waals surface area contributed by atoms with Crippen LogP contribution in [0.3, 0.4) is 0 Å². The molecule has 0 spiro atoms. The lowest BCUT2D eigenvalue weighted by Crippen LogP contribution is -2.59. The first kappa shape index (κ1) is 15.8. The van der Waals surface area contributed by atoms with E-state index in [9.17, 15) is 24.6 Å². The van der Waals surface area contributed by atoms with Crippen LogP contribution in [-0.4, -0.2) is 66.0 Å². The maximum atomic E-state index is 12.1. The molecule has 1 aliphatic carbocycles. The van der Waals surface area contributed by atoms with E-state index in [0.717, 1.165) is 0 Å². The first-order chi connectivity index (χ1) is 8.62. The molecular formula is C13H22NO5+. The van der Waals surface area contributed by atoms with Gasteiger partial charge in [-0.2, -0.15) is 0 Å². The number of ketones is 2. The fourth-order valence-corrected chi connectivity index (χ4v) is 2.53. The van der Waals surface area contributed by atoms with Gasteiger partial charge in [0, 0.05) is 12.8 Å². The zero-order chi connectivity index (χ0) is 14.8. The van der Waals surface area contributed by atoms with E-state index in [2.05, 4.69) is 0 Å². The van der Waals surface area contributed by atoms with Crippen molar-refractivity contribution < 1.29 is 29.1 Å². The number of hydrogen-bond donors (Lipinski definition) is 2. The summed E-state index contributed by atoms with van der Waals surface area (Å²) in [4.78, 5) is 35.9. The Bertz CT molecular complexity index is 378. The quantitative estimate of drug-likeness (QED) is 0.421. The highest BCUT2D eigenvalue weighted by molar-refractivity contribution is 6.22. The number of likely N-dealkylation sites (N-methyl/N-ethyl adjacent to an activating group) is 1. The van der Waals surface area contributed by atoms with E-state index < -0.39 is 29.1 Å². The molecule has 0 aromatic heterocycles. The normalized spacial score (nSPS) is 21.9. The van der Waals surface area contributed by atoms with Crippen molar-refractivity contribution in [3.05, 3.63) is 0 Å². The molecule has 0 amide bonds. The molecule has 1 atom stereocenters. The highest BCUT2D eigenvalue weighted by Gasteiger charge is 2.59. The second kappa shape index (κ2) is 5.38. The van der Waals surface area contributed by atoms with E-state index in [1.807, 2.05) is 0 Å². The number of nitrogens with zero attached hydrogens (tertiary/aromatic N) is 1. The molecule has 19 heavy (non-hydrogen) atoms. The third kappa shape index (κ3) is 3.01. The predicted octanol–water partition coefficient (Wildman–Crippen LogP) is -0.163. The molecule has 1 saturated carbocycles. The Balaban J connectivity index is 3.24. The van der Waals surface area contributed by atoms with Crippen LogP contribution in [0.2, 0.25) is 0 Å². The Morgan fingerprint density at radius 2 is 1.63 bits per heavy atom. The summed E-state index contributed by atoms with van der Waals surface area (Å²) in [6.45, 7) is 0.0315. The number of Topliss-reactive ketones (excluding diaryl/α,β-unsaturated/α-hetero) is 2. The molecule has 0 aromatic rings. The molecule has 1 rings (SSSR count). The van der Waals surface area contributed by atoms with Gasteiger partial charge in [-0.15, -0.1) is 0 Å². The maximum Gasteiger partial charge on any atom is 0.327 e. The van der Waals surface area contributed by atoms with Crippen LogP contribution in [0.4, 0.5) is 0 Å². The van der Waals surface area contributed by atoms with Gasteiger partial charge < -0.3 is 14.7 Å². The number of quaternary nitrogens is 1. The molecule has 1 fully saturated rings. The third-order valence-electron chi connectivity index (χ3n) is 3.50. The van der Waals surface area contributed by atoms with Gasteiger partial charge in [0.2, 0.25) is 5.41 Å². The number of hydrogen-bond acceptors (Lipinski definition) is 4. The van der Waals surface area contributed by atoms with E-state index in [1.165, 1.54) is 0 Å². The topological polar surface area (TPSA) is 91.7 Å². The van der Waals surface area contributed by atoms with Crippen molar-refractivity contribution in [3.8, 4) is 0 Å². The highest BCUT2D eigenvalue weighted by atomic mass is 16.4. The molecule has 0 saturated heterocycles. The zero-order valence-electron chi connectivity index (χ0n) is 11.7. The molecule has 2 N–H and O–H groups in total. The number of aliphatic hydroxyl groups excluding tert-OH is 1. The molecule has 0 heterocycles. The minimum absolute atomic E-state index is 0.0315. The van der Waals surface area contributed by atoms with Crippen LogP contribution in [0.1, 0.15) is 25.7 Å². The second-order valence-corrected chi connectivity index (χ2v) is 6.16. The monoisotopic (exact) mass is 272 g/mol. The number of rotatable bonds is 4. The highest BCUT2D eigenvalue weighted by Crippen LogP contribution is 2.34. The molecule has 1 unspecified atom stereocenters. The van der Waals surface area contributed by atoms with Crippen molar-refractivity contribution in [1.29, 1.82) is 0 Å². The average molecular weight is 272 g/mol. The third-order valence-corrected chi connectivity index (χ3v) is 3.50. The Hall–Kier alpha value is -1.27. The minimum atomic E-state index is -2.28. The predicted molar refractivity (Wildman–Crippen MR) is 67.5 cm³/mol. The van der Waals surface area contributed by atoms with Gasteiger partial charge in [-0.25, -0.2) is 0 Å². The van der Waals surface area contributed by atoms with E-state index in [1.54, 1.807) is 21.1 Å². The number of carbonyl (C=O) groups is 3. The molecule has 0 bridgehead atoms. The summed E-state index contributed by atoms with van der Waals surface area (Å²) in [7, 11) is 5.30. The summed E-state index contributed by atoms with van der Waals surface area (Å²) in [5, 5.41) is 19.7. The van der Waals surface area contributed by atoms with Crippen LogP contribution >= 0.6 is 0 Å². The van der Waals surface area contributed by atoms with Crippen molar-refractivity contribution in [3.63, 3.8) is 0 Å². The van der Waals surface area contributed by atoms with Gasteiger partial charge in [0.25, 0.3) is 0 Å². The van der Waals surface area contributed by atoms with E-state index >= 15 is 0 Å². The molecule has 0 radical (unpaired) electrons. The molecule has 1 aliphatic rings. The Morgan fingerprint density at radius 1 is 1.21 bits per heavy atom. The number of aliphatic carboxylic acids is 1. The molecule has 6 heteroatoms. The van der Waals surface area contributed by atoms with E-state index in [-0.39, 0.29) is 23.9 Å². The lowest BCUT2D eigenvalue weighted by Gasteiger charge is -2.34. The number of carbonyl (C=O) groups excluding carboxylic acids is 2. The van der Waals surface area contributed by atoms with Crippen molar-refractivity contribution in [1.82, 2.24) is 0 Å². The fourth-order valence-electron chi connectivity index (χ4n) is 2.53. The smallest absolute Gasteiger partial charge is 0.327 e. The fraction of sp³-hybridized carbons (Fsp3) is 0.769. The maximum absolute atomic E-state index is 12.1. The second-order valence-electron chi connectivity index (χ2n) is 6.16. The Morgan fingerprint density at radius 3 is 1.95 bits per heavy atom. The summed E-state index contributed by atoms with van der Waals surface area (Å²) < 4.78 is 0.275. The van der Waals surface area contributed by atoms with Crippen molar-refractivity contribution in [2.75, 3.05) is 27.7 Å². The lowest BCUT2D eigenvalue weighted by molar-refractivity contribution is -0.874. The molecular weight excluding hydrogens is 250 g/mol. The van der Waals surface area contributed by atoms with Crippen molar-refractivity contribution >= 4 is 17.5 Å².